The molecule has 2 N–H and O–H groups in total. The van der Waals surface area contributed by atoms with Gasteiger partial charge in [0, 0.05) is 12.7 Å². The van der Waals surface area contributed by atoms with Crippen LogP contribution in [-0.2, 0) is 11.2 Å². The highest BCUT2D eigenvalue weighted by atomic mass is 19.1. The molecule has 1 aromatic carbocycles. The normalized spacial score (nSPS) is 14.7. The fraction of sp³-hybridized carbons (Fsp3) is 0.353. The van der Waals surface area contributed by atoms with Crippen LogP contribution in [0.2, 0.25) is 0 Å². The van der Waals surface area contributed by atoms with Crippen LogP contribution in [0.25, 0.3) is 0 Å². The second-order valence-corrected chi connectivity index (χ2v) is 6.26. The number of carbonyl (C=O) groups excluding carboxylic acids is 1. The van der Waals surface area contributed by atoms with Gasteiger partial charge < -0.3 is 10.5 Å². The third kappa shape index (κ3) is 4.35. The van der Waals surface area contributed by atoms with Crippen molar-refractivity contribution in [3.05, 3.63) is 53.5 Å². The van der Waals surface area contributed by atoms with Gasteiger partial charge in [0.15, 0.2) is 0 Å². The summed E-state index contributed by atoms with van der Waals surface area (Å²) in [5.41, 5.74) is 7.18. The minimum Gasteiger partial charge on any atom is -0.443 e. The number of benzene rings is 1. The van der Waals surface area contributed by atoms with E-state index in [9.17, 15) is 9.18 Å². The predicted molar refractivity (Wildman–Crippen MR) is 84.7 cm³/mol. The molecule has 0 unspecified atom stereocenters. The first kappa shape index (κ1) is 16.1. The monoisotopic (exact) mass is 304 g/mol. The summed E-state index contributed by atoms with van der Waals surface area (Å²) in [6.07, 6.45) is 5.78. The zero-order valence-corrected chi connectivity index (χ0v) is 13.1. The molecule has 1 aliphatic rings. The van der Waals surface area contributed by atoms with E-state index in [1.54, 1.807) is 18.3 Å². The number of nitrogens with zero attached hydrogens (tertiary/aromatic N) is 1. The van der Waals surface area contributed by atoms with Gasteiger partial charge in [-0.15, -0.1) is 0 Å². The van der Waals surface area contributed by atoms with Crippen LogP contribution < -0.4 is 5.73 Å². The van der Waals surface area contributed by atoms with Gasteiger partial charge in [0.2, 0.25) is 0 Å². The molecule has 118 valence electrons. The van der Waals surface area contributed by atoms with Gasteiger partial charge in [-0.05, 0) is 56.5 Å². The third-order valence-electron chi connectivity index (χ3n) is 3.12. The average molecular weight is 304 g/mol. The van der Waals surface area contributed by atoms with Gasteiger partial charge in [-0.3, -0.25) is 4.90 Å². The lowest BCUT2D eigenvalue weighted by molar-refractivity contribution is 0.0349. The summed E-state index contributed by atoms with van der Waals surface area (Å²) in [5.74, 6) is -0.409. The quantitative estimate of drug-likeness (QED) is 0.849. The van der Waals surface area contributed by atoms with Crippen LogP contribution in [0, 0.1) is 5.82 Å². The Kier molecular flexibility index (Phi) is 4.54. The molecule has 0 aromatic heterocycles. The number of anilines is 1. The lowest BCUT2D eigenvalue weighted by Gasteiger charge is -2.26. The molecule has 1 aromatic rings. The van der Waals surface area contributed by atoms with E-state index < -0.39 is 11.4 Å². The Bertz CT molecular complexity index is 630. The highest BCUT2D eigenvalue weighted by Gasteiger charge is 2.21. The summed E-state index contributed by atoms with van der Waals surface area (Å²) in [5, 5.41) is 0. The average Bonchev–Trinajstić information content (AvgIpc) is 2.42. The maximum atomic E-state index is 13.1. The molecular formula is C17H21FN2O2. The van der Waals surface area contributed by atoms with Crippen LogP contribution in [0.1, 0.15) is 26.3 Å². The van der Waals surface area contributed by atoms with Crippen molar-refractivity contribution in [1.82, 2.24) is 4.90 Å². The topological polar surface area (TPSA) is 55.6 Å². The number of nitrogens with two attached hydrogens (primary N) is 1. The van der Waals surface area contributed by atoms with Crippen LogP contribution in [0.5, 0.6) is 0 Å². The van der Waals surface area contributed by atoms with Crippen molar-refractivity contribution in [1.29, 1.82) is 0 Å². The summed E-state index contributed by atoms with van der Waals surface area (Å²) >= 11 is 0. The van der Waals surface area contributed by atoms with Gasteiger partial charge in [-0.1, -0.05) is 12.1 Å². The second kappa shape index (κ2) is 6.22. The molecule has 0 radical (unpaired) electrons. The Morgan fingerprint density at radius 1 is 1.41 bits per heavy atom. The van der Waals surface area contributed by atoms with Gasteiger partial charge in [-0.25, -0.2) is 9.18 Å². The number of allylic oxidation sites excluding steroid dienone is 2. The predicted octanol–water partition coefficient (Wildman–Crippen LogP) is 3.64. The minimum atomic E-state index is -0.513. The zero-order chi connectivity index (χ0) is 16.3. The largest absolute Gasteiger partial charge is 0.443 e. The fourth-order valence-corrected chi connectivity index (χ4v) is 2.06. The molecule has 0 fully saturated rings. The number of ether oxygens (including phenoxy) is 1. The Balaban J connectivity index is 1.96. The van der Waals surface area contributed by atoms with E-state index in [0.29, 0.717) is 13.0 Å². The van der Waals surface area contributed by atoms with Crippen LogP contribution in [0.4, 0.5) is 14.9 Å². The van der Waals surface area contributed by atoms with Crippen molar-refractivity contribution >= 4 is 11.8 Å². The number of hydrogen-bond donors (Lipinski definition) is 1. The summed E-state index contributed by atoms with van der Waals surface area (Å²) < 4.78 is 18.4. The van der Waals surface area contributed by atoms with Crippen molar-refractivity contribution < 1.29 is 13.9 Å². The molecule has 0 saturated heterocycles. The first-order valence-corrected chi connectivity index (χ1v) is 7.15. The molecule has 0 atom stereocenters. The Morgan fingerprint density at radius 2 is 2.14 bits per heavy atom. The summed E-state index contributed by atoms with van der Waals surface area (Å²) in [6, 6.07) is 4.70. The van der Waals surface area contributed by atoms with Gasteiger partial charge >= 0.3 is 6.09 Å². The highest BCUT2D eigenvalue weighted by Crippen LogP contribution is 2.19. The van der Waals surface area contributed by atoms with Crippen LogP contribution >= 0.6 is 0 Å². The maximum absolute atomic E-state index is 13.1. The SMILES string of the molecule is CC(C)(C)OC(=O)N1C=CC(Cc2ccc(F)c(N)c2)=CC1. The van der Waals surface area contributed by atoms with E-state index in [-0.39, 0.29) is 11.8 Å². The first-order valence-electron chi connectivity index (χ1n) is 7.15. The van der Waals surface area contributed by atoms with Crippen LogP contribution in [0.3, 0.4) is 0 Å². The third-order valence-corrected chi connectivity index (χ3v) is 3.12. The molecule has 0 spiro atoms. The van der Waals surface area contributed by atoms with E-state index in [0.717, 1.165) is 11.1 Å². The van der Waals surface area contributed by atoms with Crippen molar-refractivity contribution in [3.8, 4) is 0 Å². The molecule has 1 heterocycles. The minimum absolute atomic E-state index is 0.147. The molecule has 22 heavy (non-hydrogen) atoms. The number of halogens is 1. The van der Waals surface area contributed by atoms with E-state index in [1.165, 1.54) is 11.0 Å². The second-order valence-electron chi connectivity index (χ2n) is 6.26. The number of rotatable bonds is 2. The molecule has 0 saturated carbocycles. The highest BCUT2D eigenvalue weighted by molar-refractivity contribution is 5.70. The number of amides is 1. The smallest absolute Gasteiger partial charge is 0.414 e. The van der Waals surface area contributed by atoms with Gasteiger partial charge in [0.05, 0.1) is 5.69 Å². The fourth-order valence-electron chi connectivity index (χ4n) is 2.06. The van der Waals surface area contributed by atoms with Crippen LogP contribution in [-0.4, -0.2) is 23.1 Å². The van der Waals surface area contributed by atoms with Gasteiger partial charge in [-0.2, -0.15) is 0 Å². The lowest BCUT2D eigenvalue weighted by atomic mass is 10.0. The number of hydrogen-bond acceptors (Lipinski definition) is 3. The molecule has 1 aliphatic heterocycles. The van der Waals surface area contributed by atoms with E-state index in [1.807, 2.05) is 32.9 Å². The molecule has 0 bridgehead atoms. The van der Waals surface area contributed by atoms with Gasteiger partial charge in [0.25, 0.3) is 0 Å². The van der Waals surface area contributed by atoms with Crippen LogP contribution in [0.15, 0.2) is 42.1 Å². The maximum Gasteiger partial charge on any atom is 0.414 e. The molecule has 5 heteroatoms. The molecule has 2 rings (SSSR count). The molecule has 1 amide bonds. The summed E-state index contributed by atoms with van der Waals surface area (Å²) in [6.45, 7) is 5.95. The zero-order valence-electron chi connectivity index (χ0n) is 13.1. The van der Waals surface area contributed by atoms with Crippen molar-refractivity contribution in [3.63, 3.8) is 0 Å². The standard InChI is InChI=1S/C17H21FN2O2/c1-17(2,3)22-16(21)20-8-6-12(7-9-20)10-13-4-5-14(18)15(19)11-13/h4-8,11H,9-10,19H2,1-3H3. The van der Waals surface area contributed by atoms with E-state index in [4.69, 9.17) is 10.5 Å². The Hall–Kier alpha value is -2.30. The van der Waals surface area contributed by atoms with E-state index in [2.05, 4.69) is 0 Å². The lowest BCUT2D eigenvalue weighted by Crippen LogP contribution is -2.34. The first-order chi connectivity index (χ1) is 10.2. The van der Waals surface area contributed by atoms with E-state index >= 15 is 0 Å². The summed E-state index contributed by atoms with van der Waals surface area (Å²) in [7, 11) is 0. The molecular weight excluding hydrogens is 283 g/mol. The Morgan fingerprint density at radius 3 is 2.68 bits per heavy atom. The van der Waals surface area contributed by atoms with Crippen molar-refractivity contribution in [2.45, 2.75) is 32.8 Å². The van der Waals surface area contributed by atoms with Crippen molar-refractivity contribution in [2.24, 2.45) is 0 Å². The molecule has 4 nitrogen and oxygen atoms in total. The molecule has 0 aliphatic carbocycles. The number of carbonyl (C=O) groups is 1. The number of nitrogen functional groups attached to an aromatic ring is 1. The van der Waals surface area contributed by atoms with Gasteiger partial charge in [0.1, 0.15) is 11.4 Å². The summed E-state index contributed by atoms with van der Waals surface area (Å²) in [4.78, 5) is 13.4. The van der Waals surface area contributed by atoms with Crippen molar-refractivity contribution in [2.75, 3.05) is 12.3 Å². The Labute approximate surface area is 130 Å².